The first-order valence-electron chi connectivity index (χ1n) is 6.89. The van der Waals surface area contributed by atoms with Crippen LogP contribution < -0.4 is 5.32 Å². The number of morpholine rings is 1. The van der Waals surface area contributed by atoms with Crippen molar-refractivity contribution in [3.63, 3.8) is 0 Å². The highest BCUT2D eigenvalue weighted by Gasteiger charge is 2.20. The molecule has 0 radical (unpaired) electrons. The minimum absolute atomic E-state index is 0.0626. The van der Waals surface area contributed by atoms with Crippen molar-refractivity contribution in [1.29, 1.82) is 0 Å². The Balaban J connectivity index is 1.99. The average molecular weight is 279 g/mol. The van der Waals surface area contributed by atoms with Crippen LogP contribution in [0.2, 0.25) is 0 Å². The van der Waals surface area contributed by atoms with E-state index in [-0.39, 0.29) is 11.7 Å². The van der Waals surface area contributed by atoms with E-state index >= 15 is 0 Å². The van der Waals surface area contributed by atoms with Crippen LogP contribution in [-0.2, 0) is 4.74 Å². The number of carbonyl (C=O) groups is 1. The molecule has 20 heavy (non-hydrogen) atoms. The van der Waals surface area contributed by atoms with Crippen molar-refractivity contribution in [3.05, 3.63) is 23.4 Å². The third-order valence-electron chi connectivity index (χ3n) is 3.43. The number of nitrogens with zero attached hydrogens (tertiary/aromatic N) is 2. The summed E-state index contributed by atoms with van der Waals surface area (Å²) in [6, 6.07) is 3.28. The lowest BCUT2D eigenvalue weighted by molar-refractivity contribution is -0.0192. The van der Waals surface area contributed by atoms with Crippen molar-refractivity contribution in [2.75, 3.05) is 38.1 Å². The number of rotatable bonds is 5. The number of nitrogens with one attached hydrogen (secondary N) is 1. The highest BCUT2D eigenvalue weighted by Crippen LogP contribution is 2.14. The Kier molecular flexibility index (Phi) is 4.92. The van der Waals surface area contributed by atoms with Gasteiger partial charge in [0, 0.05) is 25.3 Å². The zero-order valence-electron chi connectivity index (χ0n) is 11.9. The Labute approximate surface area is 118 Å². The van der Waals surface area contributed by atoms with Gasteiger partial charge >= 0.3 is 5.97 Å². The van der Waals surface area contributed by atoms with Gasteiger partial charge in [0.25, 0.3) is 0 Å². The molecule has 6 nitrogen and oxygen atoms in total. The molecule has 0 aromatic carbocycles. The molecule has 1 unspecified atom stereocenters. The van der Waals surface area contributed by atoms with E-state index in [1.165, 1.54) is 0 Å². The molecule has 1 aliphatic heterocycles. The van der Waals surface area contributed by atoms with Crippen LogP contribution in [0, 0.1) is 6.92 Å². The summed E-state index contributed by atoms with van der Waals surface area (Å²) in [4.78, 5) is 17.7. The van der Waals surface area contributed by atoms with Crippen molar-refractivity contribution in [1.82, 2.24) is 9.88 Å². The molecular formula is C14H21N3O3. The van der Waals surface area contributed by atoms with Crippen LogP contribution in [0.5, 0.6) is 0 Å². The lowest BCUT2D eigenvalue weighted by Gasteiger charge is -2.32. The van der Waals surface area contributed by atoms with Crippen LogP contribution in [0.15, 0.2) is 12.1 Å². The van der Waals surface area contributed by atoms with Crippen molar-refractivity contribution >= 4 is 11.8 Å². The first-order chi connectivity index (χ1) is 9.60. The molecular weight excluding hydrogens is 258 g/mol. The third-order valence-corrected chi connectivity index (χ3v) is 3.43. The minimum Gasteiger partial charge on any atom is -0.478 e. The van der Waals surface area contributed by atoms with Gasteiger partial charge in [-0.25, -0.2) is 9.78 Å². The van der Waals surface area contributed by atoms with Gasteiger partial charge in [-0.2, -0.15) is 0 Å². The molecule has 1 aromatic heterocycles. The number of aromatic nitrogens is 1. The van der Waals surface area contributed by atoms with Gasteiger partial charge in [-0.3, -0.25) is 4.90 Å². The van der Waals surface area contributed by atoms with Crippen molar-refractivity contribution in [2.45, 2.75) is 20.0 Å². The van der Waals surface area contributed by atoms with E-state index in [0.717, 1.165) is 25.3 Å². The highest BCUT2D eigenvalue weighted by molar-refractivity contribution is 5.93. The zero-order valence-corrected chi connectivity index (χ0v) is 11.9. The molecule has 2 heterocycles. The number of carboxylic acids is 1. The maximum atomic E-state index is 11.2. The number of anilines is 1. The number of pyridine rings is 1. The molecule has 2 rings (SSSR count). The highest BCUT2D eigenvalue weighted by atomic mass is 16.5. The molecule has 0 bridgehead atoms. The van der Waals surface area contributed by atoms with Crippen molar-refractivity contribution in [3.8, 4) is 0 Å². The first-order valence-corrected chi connectivity index (χ1v) is 6.89. The Bertz CT molecular complexity index is 479. The van der Waals surface area contributed by atoms with Crippen LogP contribution in [-0.4, -0.2) is 59.8 Å². The summed E-state index contributed by atoms with van der Waals surface area (Å²) in [6.45, 7) is 8.06. The van der Waals surface area contributed by atoms with Crippen molar-refractivity contribution in [2.24, 2.45) is 0 Å². The van der Waals surface area contributed by atoms with E-state index in [2.05, 4.69) is 22.1 Å². The fourth-order valence-corrected chi connectivity index (χ4v) is 2.27. The Morgan fingerprint density at radius 2 is 2.40 bits per heavy atom. The monoisotopic (exact) mass is 279 g/mol. The quantitative estimate of drug-likeness (QED) is 0.844. The number of aryl methyl sites for hydroxylation is 1. The van der Waals surface area contributed by atoms with Gasteiger partial charge in [0.2, 0.25) is 0 Å². The van der Waals surface area contributed by atoms with E-state index in [0.29, 0.717) is 19.0 Å². The van der Waals surface area contributed by atoms with Crippen LogP contribution in [0.1, 0.15) is 23.0 Å². The van der Waals surface area contributed by atoms with Gasteiger partial charge in [0.05, 0.1) is 12.7 Å². The number of hydrogen-bond donors (Lipinski definition) is 2. The molecule has 2 N–H and O–H groups in total. The SMILES string of the molecule is CCN1CCOC(CNc2nc(C)ccc2C(=O)O)C1. The second-order valence-corrected chi connectivity index (χ2v) is 4.92. The van der Waals surface area contributed by atoms with Crippen LogP contribution in [0.3, 0.4) is 0 Å². The zero-order chi connectivity index (χ0) is 14.5. The summed E-state index contributed by atoms with van der Waals surface area (Å²) < 4.78 is 5.68. The number of carboxylic acid groups (broad SMARTS) is 1. The Morgan fingerprint density at radius 3 is 3.10 bits per heavy atom. The number of ether oxygens (including phenoxy) is 1. The van der Waals surface area contributed by atoms with Crippen LogP contribution in [0.25, 0.3) is 0 Å². The van der Waals surface area contributed by atoms with E-state index in [1.807, 2.05) is 6.92 Å². The fraction of sp³-hybridized carbons (Fsp3) is 0.571. The van der Waals surface area contributed by atoms with E-state index in [1.54, 1.807) is 12.1 Å². The summed E-state index contributed by atoms with van der Waals surface area (Å²) in [5, 5.41) is 12.3. The predicted octanol–water partition coefficient (Wildman–Crippen LogP) is 1.22. The third kappa shape index (κ3) is 3.68. The van der Waals surface area contributed by atoms with Gasteiger partial charge < -0.3 is 15.2 Å². The molecule has 0 aliphatic carbocycles. The van der Waals surface area contributed by atoms with Gasteiger partial charge in [0.15, 0.2) is 0 Å². The Hall–Kier alpha value is -1.66. The summed E-state index contributed by atoms with van der Waals surface area (Å²) in [5.74, 6) is -0.561. The summed E-state index contributed by atoms with van der Waals surface area (Å²) in [5.41, 5.74) is 0.982. The lowest BCUT2D eigenvalue weighted by atomic mass is 10.2. The van der Waals surface area contributed by atoms with Crippen molar-refractivity contribution < 1.29 is 14.6 Å². The van der Waals surface area contributed by atoms with E-state index < -0.39 is 5.97 Å². The van der Waals surface area contributed by atoms with Gasteiger partial charge in [-0.15, -0.1) is 0 Å². The maximum Gasteiger partial charge on any atom is 0.339 e. The summed E-state index contributed by atoms with van der Waals surface area (Å²) in [7, 11) is 0. The van der Waals surface area contributed by atoms with Gasteiger partial charge in [0.1, 0.15) is 11.4 Å². The number of likely N-dealkylation sites (N-methyl/N-ethyl adjacent to an activating group) is 1. The molecule has 1 atom stereocenters. The smallest absolute Gasteiger partial charge is 0.339 e. The molecule has 1 aliphatic rings. The molecule has 6 heteroatoms. The second kappa shape index (κ2) is 6.67. The molecule has 0 amide bonds. The predicted molar refractivity (Wildman–Crippen MR) is 76.3 cm³/mol. The Morgan fingerprint density at radius 1 is 1.60 bits per heavy atom. The van der Waals surface area contributed by atoms with Crippen LogP contribution >= 0.6 is 0 Å². The number of aromatic carboxylic acids is 1. The van der Waals surface area contributed by atoms with E-state index in [9.17, 15) is 4.79 Å². The molecule has 1 saturated heterocycles. The summed E-state index contributed by atoms with van der Waals surface area (Å²) >= 11 is 0. The van der Waals surface area contributed by atoms with E-state index in [4.69, 9.17) is 9.84 Å². The minimum atomic E-state index is -0.972. The average Bonchev–Trinajstić information content (AvgIpc) is 2.45. The summed E-state index contributed by atoms with van der Waals surface area (Å²) in [6.07, 6.45) is 0.0626. The first kappa shape index (κ1) is 14.7. The standard InChI is InChI=1S/C14H21N3O3/c1-3-17-6-7-20-11(9-17)8-15-13-12(14(18)19)5-4-10(2)16-13/h4-5,11H,3,6-9H2,1-2H3,(H,15,16)(H,18,19). The maximum absolute atomic E-state index is 11.2. The molecule has 1 aromatic rings. The van der Waals surface area contributed by atoms with Gasteiger partial charge in [-0.1, -0.05) is 6.92 Å². The molecule has 0 spiro atoms. The largest absolute Gasteiger partial charge is 0.478 e. The topological polar surface area (TPSA) is 74.7 Å². The second-order valence-electron chi connectivity index (χ2n) is 4.92. The fourth-order valence-electron chi connectivity index (χ4n) is 2.27. The lowest BCUT2D eigenvalue weighted by Crippen LogP contribution is -2.45. The normalized spacial score (nSPS) is 19.8. The molecule has 0 saturated carbocycles. The molecule has 110 valence electrons. The van der Waals surface area contributed by atoms with Gasteiger partial charge in [-0.05, 0) is 25.6 Å². The molecule has 1 fully saturated rings. The number of hydrogen-bond acceptors (Lipinski definition) is 5. The van der Waals surface area contributed by atoms with Crippen LogP contribution in [0.4, 0.5) is 5.82 Å².